The van der Waals surface area contributed by atoms with Crippen LogP contribution < -0.4 is 0 Å². The maximum absolute atomic E-state index is 12.2. The number of nitrogens with zero attached hydrogens (tertiary/aromatic N) is 1. The molecular weight excluding hydrogens is 306 g/mol. The van der Waals surface area contributed by atoms with Crippen LogP contribution in [-0.2, 0) is 6.42 Å². The van der Waals surface area contributed by atoms with E-state index in [2.05, 4.69) is 24.3 Å². The Morgan fingerprint density at radius 2 is 1.39 bits per heavy atom. The second kappa shape index (κ2) is 7.47. The van der Waals surface area contributed by atoms with E-state index >= 15 is 0 Å². The van der Waals surface area contributed by atoms with Crippen molar-refractivity contribution in [3.63, 3.8) is 0 Å². The first-order chi connectivity index (χ1) is 11.3. The molecule has 3 rings (SSSR count). The highest BCUT2D eigenvalue weighted by Gasteiger charge is 2.34. The van der Waals surface area contributed by atoms with E-state index in [-0.39, 0.29) is 11.8 Å². The van der Waals surface area contributed by atoms with Crippen molar-refractivity contribution >= 4 is 23.6 Å². The first-order valence-electron chi connectivity index (χ1n) is 7.84. The molecule has 2 aromatic carbocycles. The van der Waals surface area contributed by atoms with Crippen LogP contribution in [-0.4, -0.2) is 34.8 Å². The van der Waals surface area contributed by atoms with Crippen LogP contribution in [0.15, 0.2) is 54.6 Å². The number of benzene rings is 2. The molecule has 23 heavy (non-hydrogen) atoms. The first-order valence-corrected chi connectivity index (χ1v) is 9.00. The molecule has 118 valence electrons. The Balaban J connectivity index is 1.40. The fraction of sp³-hybridized carbons (Fsp3) is 0.263. The van der Waals surface area contributed by atoms with Crippen LogP contribution in [0.25, 0.3) is 0 Å². The van der Waals surface area contributed by atoms with Crippen LogP contribution in [0.3, 0.4) is 0 Å². The molecule has 0 saturated carbocycles. The van der Waals surface area contributed by atoms with E-state index in [1.807, 2.05) is 6.07 Å². The zero-order valence-corrected chi connectivity index (χ0v) is 13.7. The van der Waals surface area contributed by atoms with Crippen LogP contribution >= 0.6 is 11.8 Å². The summed E-state index contributed by atoms with van der Waals surface area (Å²) in [5, 5.41) is 0. The maximum atomic E-state index is 12.2. The molecule has 0 aromatic heterocycles. The van der Waals surface area contributed by atoms with Gasteiger partial charge in [-0.05, 0) is 36.3 Å². The highest BCUT2D eigenvalue weighted by molar-refractivity contribution is 7.99. The molecule has 4 heteroatoms. The van der Waals surface area contributed by atoms with Crippen LogP contribution in [0.5, 0.6) is 0 Å². The number of carbonyl (C=O) groups is 2. The van der Waals surface area contributed by atoms with Gasteiger partial charge in [0.2, 0.25) is 0 Å². The SMILES string of the molecule is O=C1c2ccccc2C(=O)N1CCSCCCc1ccccc1. The van der Waals surface area contributed by atoms with Crippen molar-refractivity contribution in [3.8, 4) is 0 Å². The molecule has 2 aromatic rings. The number of carbonyl (C=O) groups excluding carboxylic acids is 2. The number of thioether (sulfide) groups is 1. The van der Waals surface area contributed by atoms with Gasteiger partial charge in [-0.3, -0.25) is 14.5 Å². The molecule has 0 unspecified atom stereocenters. The molecule has 3 nitrogen and oxygen atoms in total. The molecule has 0 radical (unpaired) electrons. The quantitative estimate of drug-likeness (QED) is 0.576. The zero-order chi connectivity index (χ0) is 16.1. The lowest BCUT2D eigenvalue weighted by atomic mass is 10.1. The van der Waals surface area contributed by atoms with Gasteiger partial charge in [0.1, 0.15) is 0 Å². The zero-order valence-electron chi connectivity index (χ0n) is 12.9. The minimum atomic E-state index is -0.157. The van der Waals surface area contributed by atoms with Gasteiger partial charge in [0, 0.05) is 12.3 Å². The van der Waals surface area contributed by atoms with Crippen molar-refractivity contribution < 1.29 is 9.59 Å². The van der Waals surface area contributed by atoms with Crippen molar-refractivity contribution in [1.82, 2.24) is 4.90 Å². The van der Waals surface area contributed by atoms with Gasteiger partial charge in [-0.15, -0.1) is 0 Å². The number of hydrogen-bond donors (Lipinski definition) is 0. The molecule has 0 fully saturated rings. The highest BCUT2D eigenvalue weighted by Crippen LogP contribution is 2.22. The lowest BCUT2D eigenvalue weighted by Gasteiger charge is -2.13. The second-order valence-corrected chi connectivity index (χ2v) is 6.73. The molecule has 0 atom stereocenters. The van der Waals surface area contributed by atoms with Crippen LogP contribution in [0.2, 0.25) is 0 Å². The van der Waals surface area contributed by atoms with Gasteiger partial charge in [-0.1, -0.05) is 42.5 Å². The van der Waals surface area contributed by atoms with Crippen molar-refractivity contribution in [2.45, 2.75) is 12.8 Å². The molecule has 2 amide bonds. The number of aryl methyl sites for hydroxylation is 1. The average molecular weight is 325 g/mol. The number of imide groups is 1. The molecule has 0 spiro atoms. The summed E-state index contributed by atoms with van der Waals surface area (Å²) in [6.45, 7) is 0.488. The average Bonchev–Trinajstić information content (AvgIpc) is 2.84. The smallest absolute Gasteiger partial charge is 0.261 e. The van der Waals surface area contributed by atoms with E-state index in [4.69, 9.17) is 0 Å². The number of fused-ring (bicyclic) bond motifs is 1. The summed E-state index contributed by atoms with van der Waals surface area (Å²) in [6.07, 6.45) is 2.18. The Labute approximate surface area is 140 Å². The van der Waals surface area contributed by atoms with Gasteiger partial charge >= 0.3 is 0 Å². The fourth-order valence-electron chi connectivity index (χ4n) is 2.72. The van der Waals surface area contributed by atoms with E-state index in [1.54, 1.807) is 36.0 Å². The third-order valence-corrected chi connectivity index (χ3v) is 4.98. The van der Waals surface area contributed by atoms with E-state index in [1.165, 1.54) is 10.5 Å². The highest BCUT2D eigenvalue weighted by atomic mass is 32.2. The molecule has 0 aliphatic carbocycles. The molecular formula is C19H19NO2S. The number of rotatable bonds is 7. The fourth-order valence-corrected chi connectivity index (χ4v) is 3.59. The van der Waals surface area contributed by atoms with Crippen LogP contribution in [0.1, 0.15) is 32.7 Å². The third-order valence-electron chi connectivity index (χ3n) is 3.93. The summed E-state index contributed by atoms with van der Waals surface area (Å²) in [5.41, 5.74) is 2.42. The van der Waals surface area contributed by atoms with Gasteiger partial charge in [-0.2, -0.15) is 11.8 Å². The Kier molecular flexibility index (Phi) is 5.13. The number of hydrogen-bond acceptors (Lipinski definition) is 3. The van der Waals surface area contributed by atoms with E-state index in [0.29, 0.717) is 17.7 Å². The summed E-state index contributed by atoms with van der Waals surface area (Å²) >= 11 is 1.80. The Morgan fingerprint density at radius 3 is 2.04 bits per heavy atom. The minimum absolute atomic E-state index is 0.157. The van der Waals surface area contributed by atoms with Crippen molar-refractivity contribution in [2.75, 3.05) is 18.1 Å². The predicted octanol–water partition coefficient (Wildman–Crippen LogP) is 3.65. The summed E-state index contributed by atoms with van der Waals surface area (Å²) in [7, 11) is 0. The molecule has 0 saturated heterocycles. The second-order valence-electron chi connectivity index (χ2n) is 5.51. The van der Waals surface area contributed by atoms with Crippen molar-refractivity contribution in [2.24, 2.45) is 0 Å². The Morgan fingerprint density at radius 1 is 0.783 bits per heavy atom. The van der Waals surface area contributed by atoms with Gasteiger partial charge in [0.25, 0.3) is 11.8 Å². The topological polar surface area (TPSA) is 37.4 Å². The number of amides is 2. The standard InChI is InChI=1S/C19H19NO2S/c21-18-16-10-4-5-11-17(16)19(22)20(18)12-14-23-13-6-9-15-7-2-1-3-8-15/h1-5,7-8,10-11H,6,9,12-14H2. The molecule has 0 N–H and O–H groups in total. The summed E-state index contributed by atoms with van der Waals surface area (Å²) in [5.74, 6) is 1.52. The summed E-state index contributed by atoms with van der Waals surface area (Å²) in [4.78, 5) is 25.8. The maximum Gasteiger partial charge on any atom is 0.261 e. The van der Waals surface area contributed by atoms with Crippen molar-refractivity contribution in [1.29, 1.82) is 0 Å². The van der Waals surface area contributed by atoms with Crippen molar-refractivity contribution in [3.05, 3.63) is 71.3 Å². The molecule has 1 aliphatic heterocycles. The minimum Gasteiger partial charge on any atom is -0.274 e. The predicted molar refractivity (Wildman–Crippen MR) is 93.9 cm³/mol. The first kappa shape index (κ1) is 15.8. The van der Waals surface area contributed by atoms with E-state index in [9.17, 15) is 9.59 Å². The Hall–Kier alpha value is -2.07. The lowest BCUT2D eigenvalue weighted by Crippen LogP contribution is -2.31. The largest absolute Gasteiger partial charge is 0.274 e. The van der Waals surface area contributed by atoms with Crippen LogP contribution in [0, 0.1) is 0 Å². The van der Waals surface area contributed by atoms with E-state index < -0.39 is 0 Å². The normalized spacial score (nSPS) is 13.5. The van der Waals surface area contributed by atoms with Gasteiger partial charge in [0.15, 0.2) is 0 Å². The summed E-state index contributed by atoms with van der Waals surface area (Å²) < 4.78 is 0. The monoisotopic (exact) mass is 325 g/mol. The lowest BCUT2D eigenvalue weighted by molar-refractivity contribution is 0.0664. The summed E-state index contributed by atoms with van der Waals surface area (Å²) in [6, 6.07) is 17.5. The van der Waals surface area contributed by atoms with Gasteiger partial charge in [-0.25, -0.2) is 0 Å². The van der Waals surface area contributed by atoms with Gasteiger partial charge in [0.05, 0.1) is 11.1 Å². The molecule has 0 bridgehead atoms. The van der Waals surface area contributed by atoms with E-state index in [0.717, 1.165) is 24.3 Å². The van der Waals surface area contributed by atoms with Crippen LogP contribution in [0.4, 0.5) is 0 Å². The van der Waals surface area contributed by atoms with Gasteiger partial charge < -0.3 is 0 Å². The molecule has 1 heterocycles. The molecule has 1 aliphatic rings. The third kappa shape index (κ3) is 3.64. The Bertz CT molecular complexity index is 665.